The van der Waals surface area contributed by atoms with Gasteiger partial charge in [-0.05, 0) is 135 Å². The lowest BCUT2D eigenvalue weighted by molar-refractivity contribution is -0.0341. The quantitative estimate of drug-likeness (QED) is 0.123. The summed E-state index contributed by atoms with van der Waals surface area (Å²) in [5, 5.41) is 23.3. The zero-order chi connectivity index (χ0) is 44.2. The average molecular weight is 887 g/mol. The van der Waals surface area contributed by atoms with Crippen molar-refractivity contribution in [1.82, 2.24) is 38.5 Å². The fourth-order valence-electron chi connectivity index (χ4n) is 10.6. The molecule has 1 saturated heterocycles. The number of aromatic nitrogens is 7. The Morgan fingerprint density at radius 3 is 2.36 bits per heavy atom. The molecule has 3 aromatic carbocycles. The minimum atomic E-state index is -2.30. The first kappa shape index (κ1) is 41.1. The van der Waals surface area contributed by atoms with Crippen LogP contribution in [0.4, 0.5) is 4.39 Å². The number of hydrogen-bond donors (Lipinski definition) is 2. The average Bonchev–Trinajstić information content (AvgIpc) is 3.99. The fraction of sp³-hybridized carbons (Fsp3) is 0.417. The van der Waals surface area contributed by atoms with Crippen molar-refractivity contribution in [2.45, 2.75) is 88.2 Å². The zero-order valence-corrected chi connectivity index (χ0v) is 37.3. The third kappa shape index (κ3) is 6.90. The lowest BCUT2D eigenvalue weighted by atomic mass is 9.91. The number of fused-ring (bicyclic) bond motifs is 2. The number of halogens is 1. The van der Waals surface area contributed by atoms with Crippen LogP contribution in [-0.2, 0) is 27.4 Å². The van der Waals surface area contributed by atoms with E-state index >= 15 is 4.39 Å². The second-order valence-electron chi connectivity index (χ2n) is 18.9. The molecule has 7 aromatic rings. The Kier molecular flexibility index (Phi) is 9.80. The molecule has 0 bridgehead atoms. The van der Waals surface area contributed by atoms with Gasteiger partial charge in [-0.2, -0.15) is 5.10 Å². The molecular weight excluding hydrogens is 835 g/mol. The van der Waals surface area contributed by atoms with Crippen LogP contribution in [0.3, 0.4) is 0 Å². The van der Waals surface area contributed by atoms with Crippen molar-refractivity contribution in [3.05, 3.63) is 145 Å². The van der Waals surface area contributed by atoms with Crippen LogP contribution in [0.5, 0.6) is 0 Å². The number of ether oxygens (including phenoxy) is 1. The second-order valence-corrected chi connectivity index (χ2v) is 22.4. The standard InChI is InChI=1S/C48H52FN8O6P/c1-28-26-48(28,45-50-46(59)63-52-45)56-40-14-9-33(31-16-21-62-22-17-31)23-34(40)24-41(56)44(58)53-18-15-39-42(29(53)2)43(57(51-39)36-12-13-38(49)37(25-36)32-7-8-32)55-20-19-54(47(55)60)35-10-5-30(6-11-35)27-64(3,4)61/h5-6,9-14,19-20,23-25,28-29,31-32,44,58H,7-8,15-18,21-22,26-27H2,1-4H3,(H,50,52,59)/t28-,29-,44?,48-/m0/s1. The highest BCUT2D eigenvalue weighted by Crippen LogP contribution is 2.57. The predicted octanol–water partition coefficient (Wildman–Crippen LogP) is 7.87. The molecule has 4 aromatic heterocycles. The monoisotopic (exact) mass is 886 g/mol. The first-order chi connectivity index (χ1) is 30.8. The first-order valence-corrected chi connectivity index (χ1v) is 25.2. The zero-order valence-electron chi connectivity index (χ0n) is 36.4. The highest BCUT2D eigenvalue weighted by molar-refractivity contribution is 7.61. The minimum absolute atomic E-state index is 0.0727. The van der Waals surface area contributed by atoms with Gasteiger partial charge in [0.15, 0.2) is 5.82 Å². The third-order valence-electron chi connectivity index (χ3n) is 14.2. The van der Waals surface area contributed by atoms with E-state index in [0.717, 1.165) is 66.6 Å². The molecule has 14 nitrogen and oxygen atoms in total. The van der Waals surface area contributed by atoms with Crippen molar-refractivity contribution in [2.75, 3.05) is 33.1 Å². The summed E-state index contributed by atoms with van der Waals surface area (Å²) in [6.45, 7) is 9.55. The Labute approximate surface area is 368 Å². The van der Waals surface area contributed by atoms with Gasteiger partial charge in [0, 0.05) is 67.2 Å². The van der Waals surface area contributed by atoms with Gasteiger partial charge in [-0.3, -0.25) is 23.5 Å². The van der Waals surface area contributed by atoms with Gasteiger partial charge < -0.3 is 19.0 Å². The van der Waals surface area contributed by atoms with Crippen LogP contribution in [0, 0.1) is 11.7 Å². The molecule has 2 saturated carbocycles. The summed E-state index contributed by atoms with van der Waals surface area (Å²) >= 11 is 0. The van der Waals surface area contributed by atoms with E-state index in [-0.39, 0.29) is 23.3 Å². The van der Waals surface area contributed by atoms with Crippen LogP contribution in [0.1, 0.15) is 110 Å². The third-order valence-corrected chi connectivity index (χ3v) is 15.3. The number of aliphatic hydroxyl groups is 1. The van der Waals surface area contributed by atoms with Crippen molar-refractivity contribution in [3.8, 4) is 17.2 Å². The molecule has 6 heterocycles. The molecule has 2 N–H and O–H groups in total. The van der Waals surface area contributed by atoms with Crippen LogP contribution in [0.2, 0.25) is 0 Å². The van der Waals surface area contributed by atoms with E-state index in [4.69, 9.17) is 14.4 Å². The molecule has 11 rings (SSSR count). The van der Waals surface area contributed by atoms with Crippen molar-refractivity contribution >= 4 is 18.0 Å². The van der Waals surface area contributed by atoms with Gasteiger partial charge >= 0.3 is 11.4 Å². The number of rotatable bonds is 11. The molecule has 0 radical (unpaired) electrons. The summed E-state index contributed by atoms with van der Waals surface area (Å²) in [6.07, 6.45) is 7.65. The van der Waals surface area contributed by atoms with E-state index in [9.17, 15) is 19.3 Å². The summed E-state index contributed by atoms with van der Waals surface area (Å²) in [6, 6.07) is 20.7. The highest BCUT2D eigenvalue weighted by Gasteiger charge is 2.59. The van der Waals surface area contributed by atoms with Gasteiger partial charge in [0.1, 0.15) is 23.4 Å². The Morgan fingerprint density at radius 2 is 1.67 bits per heavy atom. The number of imidazole rings is 1. The normalized spacial score (nSPS) is 22.3. The van der Waals surface area contributed by atoms with Crippen LogP contribution in [0.15, 0.2) is 93.2 Å². The number of aromatic amines is 1. The highest BCUT2D eigenvalue weighted by atomic mass is 31.2. The van der Waals surface area contributed by atoms with Gasteiger partial charge in [0.2, 0.25) is 0 Å². The SMILES string of the molecule is C[C@H]1c2c(nn(-c3ccc(F)c(C4CC4)c3)c2-n2ccn(-c3ccc(CP(C)(C)=O)cc3)c2=O)CCN1C(O)c1cc2cc(C3CCOCC3)ccc2n1[C@@]1(c2noc(=O)[nH]2)C[C@@H]1C. The molecule has 4 atom stereocenters. The van der Waals surface area contributed by atoms with Crippen LogP contribution < -0.4 is 11.4 Å². The molecule has 4 aliphatic rings. The number of aliphatic hydroxyl groups excluding tert-OH is 1. The summed E-state index contributed by atoms with van der Waals surface area (Å²) in [5.74, 6) is 0.625. The van der Waals surface area contributed by atoms with Gasteiger partial charge in [-0.15, -0.1) is 0 Å². The Bertz CT molecular complexity index is 3110. The topological polar surface area (TPSA) is 158 Å². The maximum atomic E-state index is 15.2. The van der Waals surface area contributed by atoms with E-state index in [0.29, 0.717) is 65.7 Å². The molecule has 0 amide bonds. The van der Waals surface area contributed by atoms with Gasteiger partial charge in [0.05, 0.1) is 29.9 Å². The smallest absolute Gasteiger partial charge is 0.381 e. The minimum Gasteiger partial charge on any atom is -0.381 e. The predicted molar refractivity (Wildman–Crippen MR) is 240 cm³/mol. The molecule has 2 aliphatic carbocycles. The summed E-state index contributed by atoms with van der Waals surface area (Å²) in [4.78, 5) is 32.0. The van der Waals surface area contributed by atoms with Crippen molar-refractivity contribution in [1.29, 1.82) is 0 Å². The Morgan fingerprint density at radius 1 is 0.938 bits per heavy atom. The molecule has 3 fully saturated rings. The molecule has 1 unspecified atom stereocenters. The molecule has 332 valence electrons. The Hall–Kier alpha value is -5.60. The van der Waals surface area contributed by atoms with Gasteiger partial charge in [-0.1, -0.05) is 30.3 Å². The molecule has 64 heavy (non-hydrogen) atoms. The van der Waals surface area contributed by atoms with E-state index in [2.05, 4.69) is 45.9 Å². The van der Waals surface area contributed by atoms with Crippen molar-refractivity contribution in [3.63, 3.8) is 0 Å². The molecule has 2 aliphatic heterocycles. The number of H-pyrrole nitrogens is 1. The molecule has 0 spiro atoms. The van der Waals surface area contributed by atoms with Crippen LogP contribution in [-0.4, -0.2) is 76.7 Å². The van der Waals surface area contributed by atoms with E-state index < -0.39 is 30.7 Å². The van der Waals surface area contributed by atoms with Gasteiger partial charge in [-0.25, -0.2) is 18.7 Å². The van der Waals surface area contributed by atoms with Crippen LogP contribution >= 0.6 is 7.14 Å². The Balaban J connectivity index is 1.03. The number of nitrogens with one attached hydrogen (secondary N) is 1. The van der Waals surface area contributed by atoms with Gasteiger partial charge in [0.25, 0.3) is 0 Å². The van der Waals surface area contributed by atoms with E-state index in [1.807, 2.05) is 42.2 Å². The molecular formula is C48H52FN8O6P. The number of hydrogen-bond acceptors (Lipinski definition) is 9. The van der Waals surface area contributed by atoms with E-state index in [1.54, 1.807) is 45.6 Å². The lowest BCUT2D eigenvalue weighted by Crippen LogP contribution is -2.39. The number of benzene rings is 3. The summed E-state index contributed by atoms with van der Waals surface area (Å²) in [7, 11) is -2.30. The second kappa shape index (κ2) is 15.3. The maximum Gasteiger partial charge on any atom is 0.438 e. The lowest BCUT2D eigenvalue weighted by Gasteiger charge is -2.38. The summed E-state index contributed by atoms with van der Waals surface area (Å²) in [5.41, 5.74) is 6.14. The fourth-order valence-corrected chi connectivity index (χ4v) is 11.7. The molecule has 16 heteroatoms. The van der Waals surface area contributed by atoms with Crippen LogP contribution in [0.25, 0.3) is 28.1 Å². The summed E-state index contributed by atoms with van der Waals surface area (Å²) < 4.78 is 45.6. The van der Waals surface area contributed by atoms with Crippen molar-refractivity contribution < 1.29 is 23.3 Å². The van der Waals surface area contributed by atoms with Crippen molar-refractivity contribution in [2.24, 2.45) is 5.92 Å². The maximum absolute atomic E-state index is 15.2. The number of nitrogens with zero attached hydrogens (tertiary/aromatic N) is 7. The first-order valence-electron chi connectivity index (χ1n) is 22.4. The van der Waals surface area contributed by atoms with E-state index in [1.165, 1.54) is 11.6 Å². The largest absolute Gasteiger partial charge is 0.438 e.